The lowest BCUT2D eigenvalue weighted by atomic mass is 10.1. The van der Waals surface area contributed by atoms with Crippen LogP contribution in [0.15, 0.2) is 54.6 Å². The number of benzene rings is 2. The number of rotatable bonds is 7. The average Bonchev–Trinajstić information content (AvgIpc) is 2.58. The summed E-state index contributed by atoms with van der Waals surface area (Å²) in [6.45, 7) is 0.334. The van der Waals surface area contributed by atoms with Crippen LogP contribution < -0.4 is 4.74 Å². The van der Waals surface area contributed by atoms with Crippen LogP contribution in [0.4, 0.5) is 0 Å². The van der Waals surface area contributed by atoms with Crippen LogP contribution in [0, 0.1) is 0 Å². The molecule has 0 bridgehead atoms. The first-order valence-electron chi connectivity index (χ1n) is 6.68. The van der Waals surface area contributed by atoms with E-state index < -0.39 is 12.1 Å². The molecule has 0 spiro atoms. The Morgan fingerprint density at radius 2 is 1.77 bits per heavy atom. The Hall–Kier alpha value is -2.82. The molecule has 0 saturated heterocycles. The van der Waals surface area contributed by atoms with Crippen molar-refractivity contribution in [1.82, 2.24) is 0 Å². The molecule has 0 fully saturated rings. The fourth-order valence-corrected chi connectivity index (χ4v) is 1.91. The molecule has 1 atom stereocenters. The van der Waals surface area contributed by atoms with Crippen LogP contribution >= 0.6 is 0 Å². The van der Waals surface area contributed by atoms with Crippen molar-refractivity contribution in [2.45, 2.75) is 12.7 Å². The number of carbonyl (C=O) groups is 2. The summed E-state index contributed by atoms with van der Waals surface area (Å²) < 4.78 is 15.1. The van der Waals surface area contributed by atoms with Gasteiger partial charge in [0, 0.05) is 5.56 Å². The second-order valence-electron chi connectivity index (χ2n) is 4.48. The molecule has 0 aliphatic rings. The summed E-state index contributed by atoms with van der Waals surface area (Å²) in [4.78, 5) is 22.7. The second kappa shape index (κ2) is 7.83. The lowest BCUT2D eigenvalue weighted by molar-refractivity contribution is -0.163. The van der Waals surface area contributed by atoms with Crippen LogP contribution in [-0.4, -0.2) is 19.6 Å². The molecule has 0 heterocycles. The zero-order chi connectivity index (χ0) is 15.8. The Balaban J connectivity index is 2.00. The summed E-state index contributed by atoms with van der Waals surface area (Å²) in [6, 6.07) is 15.9. The van der Waals surface area contributed by atoms with Gasteiger partial charge in [0.15, 0.2) is 0 Å². The van der Waals surface area contributed by atoms with Crippen LogP contribution in [0.5, 0.6) is 5.75 Å². The van der Waals surface area contributed by atoms with Gasteiger partial charge in [-0.2, -0.15) is 0 Å². The van der Waals surface area contributed by atoms with Crippen molar-refractivity contribution in [3.63, 3.8) is 0 Å². The van der Waals surface area contributed by atoms with Gasteiger partial charge in [-0.1, -0.05) is 42.5 Å². The zero-order valence-electron chi connectivity index (χ0n) is 12.1. The van der Waals surface area contributed by atoms with E-state index in [9.17, 15) is 9.59 Å². The van der Waals surface area contributed by atoms with Crippen molar-refractivity contribution >= 4 is 12.4 Å². The van der Waals surface area contributed by atoms with Crippen LogP contribution in [0.3, 0.4) is 0 Å². The molecule has 114 valence electrons. The molecule has 5 heteroatoms. The van der Waals surface area contributed by atoms with E-state index in [0.717, 1.165) is 11.3 Å². The van der Waals surface area contributed by atoms with Gasteiger partial charge in [0.1, 0.15) is 12.4 Å². The number of esters is 1. The minimum absolute atomic E-state index is 0.0916. The monoisotopic (exact) mass is 300 g/mol. The van der Waals surface area contributed by atoms with Crippen molar-refractivity contribution in [2.75, 3.05) is 7.11 Å². The van der Waals surface area contributed by atoms with E-state index in [2.05, 4.69) is 0 Å². The molecule has 0 N–H and O–H groups in total. The van der Waals surface area contributed by atoms with Gasteiger partial charge in [-0.3, -0.25) is 4.79 Å². The molecular formula is C17H16O5. The molecule has 0 aliphatic carbocycles. The molecule has 2 aromatic carbocycles. The van der Waals surface area contributed by atoms with E-state index in [4.69, 9.17) is 14.2 Å². The third-order valence-corrected chi connectivity index (χ3v) is 3.05. The van der Waals surface area contributed by atoms with E-state index >= 15 is 0 Å². The predicted octanol–water partition coefficient (Wildman–Crippen LogP) is 2.65. The van der Waals surface area contributed by atoms with Crippen LogP contribution in [0.2, 0.25) is 0 Å². The minimum atomic E-state index is -1.06. The average molecular weight is 300 g/mol. The Morgan fingerprint density at radius 3 is 2.36 bits per heavy atom. The summed E-state index contributed by atoms with van der Waals surface area (Å²) >= 11 is 0. The van der Waals surface area contributed by atoms with E-state index in [0.29, 0.717) is 5.56 Å². The van der Waals surface area contributed by atoms with E-state index in [1.165, 1.54) is 0 Å². The molecule has 0 aliphatic heterocycles. The van der Waals surface area contributed by atoms with Crippen LogP contribution in [0.1, 0.15) is 17.2 Å². The highest BCUT2D eigenvalue weighted by atomic mass is 16.6. The first-order valence-corrected chi connectivity index (χ1v) is 6.68. The third kappa shape index (κ3) is 4.09. The maximum Gasteiger partial charge on any atom is 0.352 e. The smallest absolute Gasteiger partial charge is 0.352 e. The van der Waals surface area contributed by atoms with Gasteiger partial charge in [0.05, 0.1) is 7.11 Å². The Bertz CT molecular complexity index is 607. The van der Waals surface area contributed by atoms with Crippen molar-refractivity contribution in [3.8, 4) is 5.75 Å². The third-order valence-electron chi connectivity index (χ3n) is 3.05. The maximum atomic E-state index is 12.1. The number of hydrogen-bond donors (Lipinski definition) is 0. The van der Waals surface area contributed by atoms with Gasteiger partial charge in [0.2, 0.25) is 6.10 Å². The van der Waals surface area contributed by atoms with Gasteiger partial charge in [-0.15, -0.1) is 0 Å². The van der Waals surface area contributed by atoms with E-state index in [1.54, 1.807) is 55.6 Å². The minimum Gasteiger partial charge on any atom is -0.497 e. The molecule has 0 saturated carbocycles. The van der Waals surface area contributed by atoms with E-state index in [-0.39, 0.29) is 13.1 Å². The van der Waals surface area contributed by atoms with Gasteiger partial charge >= 0.3 is 5.97 Å². The fraction of sp³-hybridized carbons (Fsp3) is 0.176. The number of hydrogen-bond acceptors (Lipinski definition) is 5. The lowest BCUT2D eigenvalue weighted by Gasteiger charge is -2.14. The number of methoxy groups -OCH3 is 1. The molecule has 0 amide bonds. The van der Waals surface area contributed by atoms with Crippen molar-refractivity contribution in [3.05, 3.63) is 65.7 Å². The SMILES string of the molecule is COc1ccc(COC(=O)C(OC=O)c2ccccc2)cc1. The van der Waals surface area contributed by atoms with Crippen molar-refractivity contribution in [1.29, 1.82) is 0 Å². The van der Waals surface area contributed by atoms with Gasteiger partial charge in [0.25, 0.3) is 6.47 Å². The van der Waals surface area contributed by atoms with E-state index in [1.807, 2.05) is 6.07 Å². The molecule has 0 radical (unpaired) electrons. The zero-order valence-corrected chi connectivity index (χ0v) is 12.1. The molecule has 5 nitrogen and oxygen atoms in total. The first kappa shape index (κ1) is 15.6. The summed E-state index contributed by atoms with van der Waals surface area (Å²) in [5, 5.41) is 0. The summed E-state index contributed by atoms with van der Waals surface area (Å²) in [7, 11) is 1.58. The fourth-order valence-electron chi connectivity index (χ4n) is 1.91. The highest BCUT2D eigenvalue weighted by Crippen LogP contribution is 2.19. The van der Waals surface area contributed by atoms with Gasteiger partial charge < -0.3 is 14.2 Å². The topological polar surface area (TPSA) is 61.8 Å². The molecule has 1 unspecified atom stereocenters. The van der Waals surface area contributed by atoms with Crippen molar-refractivity contribution < 1.29 is 23.8 Å². The Kier molecular flexibility index (Phi) is 5.54. The number of ether oxygens (including phenoxy) is 3. The van der Waals surface area contributed by atoms with Gasteiger partial charge in [-0.25, -0.2) is 4.79 Å². The van der Waals surface area contributed by atoms with Gasteiger partial charge in [-0.05, 0) is 17.7 Å². The summed E-state index contributed by atoms with van der Waals surface area (Å²) in [6.07, 6.45) is -1.06. The summed E-state index contributed by atoms with van der Waals surface area (Å²) in [5.74, 6) is 0.107. The van der Waals surface area contributed by atoms with Crippen LogP contribution in [0.25, 0.3) is 0 Å². The van der Waals surface area contributed by atoms with Crippen LogP contribution in [-0.2, 0) is 25.7 Å². The highest BCUT2D eigenvalue weighted by molar-refractivity contribution is 5.77. The predicted molar refractivity (Wildman–Crippen MR) is 79.1 cm³/mol. The standard InChI is InChI=1S/C17H16O5/c1-20-15-9-7-13(8-10-15)11-21-17(19)16(22-12-18)14-5-3-2-4-6-14/h2-10,12,16H,11H2,1H3. The maximum absolute atomic E-state index is 12.1. The molecule has 2 rings (SSSR count). The Morgan fingerprint density at radius 1 is 1.09 bits per heavy atom. The first-order chi connectivity index (χ1) is 10.7. The normalized spacial score (nSPS) is 11.3. The number of carbonyl (C=O) groups excluding carboxylic acids is 2. The quantitative estimate of drug-likeness (QED) is 0.581. The van der Waals surface area contributed by atoms with Crippen molar-refractivity contribution in [2.24, 2.45) is 0 Å². The molecular weight excluding hydrogens is 284 g/mol. The summed E-state index contributed by atoms with van der Waals surface area (Å²) in [5.41, 5.74) is 1.38. The lowest BCUT2D eigenvalue weighted by Crippen LogP contribution is -2.18. The largest absolute Gasteiger partial charge is 0.497 e. The molecule has 0 aromatic heterocycles. The Labute approximate surface area is 128 Å². The molecule has 22 heavy (non-hydrogen) atoms. The highest BCUT2D eigenvalue weighted by Gasteiger charge is 2.23. The molecule has 2 aromatic rings. The second-order valence-corrected chi connectivity index (χ2v) is 4.48.